The summed E-state index contributed by atoms with van der Waals surface area (Å²) in [6.07, 6.45) is 1.48. The van der Waals surface area contributed by atoms with Gasteiger partial charge in [-0.3, -0.25) is 4.79 Å². The van der Waals surface area contributed by atoms with E-state index in [2.05, 4.69) is 0 Å². The van der Waals surface area contributed by atoms with Gasteiger partial charge < -0.3 is 19.5 Å². The molecule has 5 nitrogen and oxygen atoms in total. The van der Waals surface area contributed by atoms with Gasteiger partial charge in [-0.25, -0.2) is 0 Å². The van der Waals surface area contributed by atoms with Crippen LogP contribution in [0, 0.1) is 0 Å². The maximum Gasteiger partial charge on any atom is 0.248 e. The standard InChI is InChI=1S/C16H23NO4/c1-20-15-9-14(11-18)17(10-15)16(19)12-21-8-7-13-5-3-2-4-6-13/h2-6,14-15,18H,7-12H2,1H3/t14-,15+/m0/s1. The summed E-state index contributed by atoms with van der Waals surface area (Å²) in [7, 11) is 1.63. The first-order valence-corrected chi connectivity index (χ1v) is 7.29. The summed E-state index contributed by atoms with van der Waals surface area (Å²) in [6.45, 7) is 1.07. The first-order chi connectivity index (χ1) is 10.2. The zero-order valence-electron chi connectivity index (χ0n) is 12.4. The molecule has 2 rings (SSSR count). The minimum Gasteiger partial charge on any atom is -0.394 e. The highest BCUT2D eigenvalue weighted by molar-refractivity contribution is 5.78. The molecule has 0 spiro atoms. The lowest BCUT2D eigenvalue weighted by atomic mass is 10.2. The van der Waals surface area contributed by atoms with Crippen LogP contribution in [0.3, 0.4) is 0 Å². The van der Waals surface area contributed by atoms with Crippen molar-refractivity contribution in [3.63, 3.8) is 0 Å². The van der Waals surface area contributed by atoms with Crippen LogP contribution >= 0.6 is 0 Å². The number of likely N-dealkylation sites (tertiary alicyclic amines) is 1. The van der Waals surface area contributed by atoms with Gasteiger partial charge in [0.1, 0.15) is 6.61 Å². The van der Waals surface area contributed by atoms with Crippen LogP contribution in [-0.2, 0) is 20.7 Å². The van der Waals surface area contributed by atoms with Gasteiger partial charge in [-0.15, -0.1) is 0 Å². The molecule has 0 radical (unpaired) electrons. The largest absolute Gasteiger partial charge is 0.394 e. The summed E-state index contributed by atoms with van der Waals surface area (Å²) in [5.41, 5.74) is 1.19. The Hall–Kier alpha value is -1.43. The molecule has 1 N–H and O–H groups in total. The van der Waals surface area contributed by atoms with Gasteiger partial charge >= 0.3 is 0 Å². The van der Waals surface area contributed by atoms with Gasteiger partial charge in [0.25, 0.3) is 0 Å². The predicted molar refractivity (Wildman–Crippen MR) is 79.0 cm³/mol. The van der Waals surface area contributed by atoms with Crippen LogP contribution in [0.25, 0.3) is 0 Å². The smallest absolute Gasteiger partial charge is 0.248 e. The van der Waals surface area contributed by atoms with E-state index in [0.717, 1.165) is 6.42 Å². The van der Waals surface area contributed by atoms with Crippen LogP contribution in [0.4, 0.5) is 0 Å². The normalized spacial score (nSPS) is 21.7. The molecule has 5 heteroatoms. The SMILES string of the molecule is CO[C@@H]1C[C@@H](CO)N(C(=O)COCCc2ccccc2)C1. The van der Waals surface area contributed by atoms with E-state index in [9.17, 15) is 9.90 Å². The van der Waals surface area contributed by atoms with Gasteiger partial charge in [-0.2, -0.15) is 0 Å². The molecule has 116 valence electrons. The van der Waals surface area contributed by atoms with Crippen LogP contribution < -0.4 is 0 Å². The highest BCUT2D eigenvalue weighted by atomic mass is 16.5. The number of methoxy groups -OCH3 is 1. The molecule has 1 fully saturated rings. The van der Waals surface area contributed by atoms with Crippen LogP contribution in [0.15, 0.2) is 30.3 Å². The summed E-state index contributed by atoms with van der Waals surface area (Å²) in [5.74, 6) is -0.0818. The van der Waals surface area contributed by atoms with Gasteiger partial charge in [-0.1, -0.05) is 30.3 Å². The molecule has 1 heterocycles. The van der Waals surface area contributed by atoms with E-state index >= 15 is 0 Å². The summed E-state index contributed by atoms with van der Waals surface area (Å²) in [6, 6.07) is 9.87. The molecule has 0 saturated carbocycles. The molecule has 1 amide bonds. The lowest BCUT2D eigenvalue weighted by molar-refractivity contribution is -0.138. The van der Waals surface area contributed by atoms with E-state index in [4.69, 9.17) is 9.47 Å². The molecule has 1 aromatic carbocycles. The summed E-state index contributed by atoms with van der Waals surface area (Å²) in [4.78, 5) is 13.8. The van der Waals surface area contributed by atoms with E-state index in [0.29, 0.717) is 19.6 Å². The van der Waals surface area contributed by atoms with Gasteiger partial charge in [0.15, 0.2) is 0 Å². The Morgan fingerprint density at radius 3 is 2.81 bits per heavy atom. The monoisotopic (exact) mass is 293 g/mol. The molecule has 0 bridgehead atoms. The predicted octanol–water partition coefficient (Wildman–Crippen LogP) is 0.854. The summed E-state index contributed by atoms with van der Waals surface area (Å²) < 4.78 is 10.7. The summed E-state index contributed by atoms with van der Waals surface area (Å²) >= 11 is 0. The first-order valence-electron chi connectivity index (χ1n) is 7.29. The molecule has 2 atom stereocenters. The highest BCUT2D eigenvalue weighted by Gasteiger charge is 2.34. The molecule has 1 aliphatic heterocycles. The molecular formula is C16H23NO4. The Balaban J connectivity index is 1.71. The Morgan fingerprint density at radius 2 is 2.14 bits per heavy atom. The molecular weight excluding hydrogens is 270 g/mol. The molecule has 1 aliphatic rings. The van der Waals surface area contributed by atoms with Crippen molar-refractivity contribution in [1.29, 1.82) is 0 Å². The first kappa shape index (κ1) is 15.9. The van der Waals surface area contributed by atoms with Gasteiger partial charge in [0.2, 0.25) is 5.91 Å². The third-order valence-corrected chi connectivity index (χ3v) is 3.84. The molecule has 21 heavy (non-hydrogen) atoms. The Kier molecular flexibility index (Phi) is 6.17. The molecule has 0 aliphatic carbocycles. The van der Waals surface area contributed by atoms with Crippen molar-refractivity contribution in [1.82, 2.24) is 4.90 Å². The van der Waals surface area contributed by atoms with E-state index in [-0.39, 0.29) is 31.3 Å². The van der Waals surface area contributed by atoms with Crippen molar-refractivity contribution in [2.24, 2.45) is 0 Å². The quantitative estimate of drug-likeness (QED) is 0.757. The fourth-order valence-corrected chi connectivity index (χ4v) is 2.60. The lowest BCUT2D eigenvalue weighted by Crippen LogP contribution is -2.40. The minimum absolute atomic E-state index is 0.00965. The lowest BCUT2D eigenvalue weighted by Gasteiger charge is -2.22. The Morgan fingerprint density at radius 1 is 1.38 bits per heavy atom. The van der Waals surface area contributed by atoms with Gasteiger partial charge in [0, 0.05) is 13.7 Å². The number of aliphatic hydroxyl groups excluding tert-OH is 1. The number of benzene rings is 1. The van der Waals surface area contributed by atoms with E-state index in [1.54, 1.807) is 12.0 Å². The Bertz CT molecular complexity index is 437. The number of nitrogens with zero attached hydrogens (tertiary/aromatic N) is 1. The second-order valence-electron chi connectivity index (χ2n) is 5.26. The fourth-order valence-electron chi connectivity index (χ4n) is 2.60. The second kappa shape index (κ2) is 8.12. The highest BCUT2D eigenvalue weighted by Crippen LogP contribution is 2.19. The topological polar surface area (TPSA) is 59.0 Å². The zero-order chi connectivity index (χ0) is 15.1. The number of amides is 1. The van der Waals surface area contributed by atoms with E-state index in [1.165, 1.54) is 5.56 Å². The van der Waals surface area contributed by atoms with E-state index < -0.39 is 0 Å². The second-order valence-corrected chi connectivity index (χ2v) is 5.26. The molecule has 0 unspecified atom stereocenters. The van der Waals surface area contributed by atoms with Crippen LogP contribution in [0.5, 0.6) is 0 Å². The number of carbonyl (C=O) groups excluding carboxylic acids is 1. The maximum atomic E-state index is 12.1. The van der Waals surface area contributed by atoms with Crippen molar-refractivity contribution in [3.05, 3.63) is 35.9 Å². The Labute approximate surface area is 125 Å². The van der Waals surface area contributed by atoms with Crippen molar-refractivity contribution in [2.75, 3.05) is 33.5 Å². The molecule has 1 saturated heterocycles. The number of hydrogen-bond donors (Lipinski definition) is 1. The third-order valence-electron chi connectivity index (χ3n) is 3.84. The van der Waals surface area contributed by atoms with Crippen LogP contribution in [-0.4, -0.2) is 61.5 Å². The van der Waals surface area contributed by atoms with Crippen molar-refractivity contribution >= 4 is 5.91 Å². The third kappa shape index (κ3) is 4.52. The van der Waals surface area contributed by atoms with Crippen LogP contribution in [0.2, 0.25) is 0 Å². The van der Waals surface area contributed by atoms with Crippen molar-refractivity contribution < 1.29 is 19.4 Å². The molecule has 1 aromatic rings. The average Bonchev–Trinajstić information content (AvgIpc) is 2.96. The van der Waals surface area contributed by atoms with Gasteiger partial charge in [-0.05, 0) is 18.4 Å². The maximum absolute atomic E-state index is 12.1. The van der Waals surface area contributed by atoms with Crippen molar-refractivity contribution in [3.8, 4) is 0 Å². The number of ether oxygens (including phenoxy) is 2. The fraction of sp³-hybridized carbons (Fsp3) is 0.562. The van der Waals surface area contributed by atoms with Crippen molar-refractivity contribution in [2.45, 2.75) is 25.0 Å². The number of rotatable bonds is 7. The number of carbonyl (C=O) groups is 1. The van der Waals surface area contributed by atoms with Crippen LogP contribution in [0.1, 0.15) is 12.0 Å². The van der Waals surface area contributed by atoms with E-state index in [1.807, 2.05) is 30.3 Å². The number of aliphatic hydroxyl groups is 1. The summed E-state index contributed by atoms with van der Waals surface area (Å²) in [5, 5.41) is 9.33. The number of hydrogen-bond acceptors (Lipinski definition) is 4. The molecule has 0 aromatic heterocycles. The minimum atomic E-state index is -0.153. The van der Waals surface area contributed by atoms with Gasteiger partial charge in [0.05, 0.1) is 25.4 Å². The zero-order valence-corrected chi connectivity index (χ0v) is 12.4. The average molecular weight is 293 g/mol.